The SMILES string of the molecule is CCCS(=O)(=O)N1CCCc2ccc(N)cc21. The highest BCUT2D eigenvalue weighted by atomic mass is 32.2. The molecule has 0 aromatic heterocycles. The predicted molar refractivity (Wildman–Crippen MR) is 70.6 cm³/mol. The quantitative estimate of drug-likeness (QED) is 0.836. The number of fused-ring (bicyclic) bond motifs is 1. The average molecular weight is 254 g/mol. The van der Waals surface area contributed by atoms with Gasteiger partial charge in [0.15, 0.2) is 0 Å². The number of nitrogens with two attached hydrogens (primary N) is 1. The lowest BCUT2D eigenvalue weighted by Gasteiger charge is -2.30. The van der Waals surface area contributed by atoms with Gasteiger partial charge in [-0.05, 0) is 37.0 Å². The van der Waals surface area contributed by atoms with Crippen molar-refractivity contribution in [3.05, 3.63) is 23.8 Å². The van der Waals surface area contributed by atoms with Gasteiger partial charge in [0, 0.05) is 12.2 Å². The Morgan fingerprint density at radius 3 is 2.88 bits per heavy atom. The van der Waals surface area contributed by atoms with Crippen LogP contribution in [0.5, 0.6) is 0 Å². The molecule has 2 N–H and O–H groups in total. The van der Waals surface area contributed by atoms with Gasteiger partial charge < -0.3 is 5.73 Å². The zero-order valence-corrected chi connectivity index (χ0v) is 10.8. The molecule has 2 rings (SSSR count). The summed E-state index contributed by atoms with van der Waals surface area (Å²) in [5.74, 6) is 0.196. The fourth-order valence-corrected chi connectivity index (χ4v) is 3.83. The monoisotopic (exact) mass is 254 g/mol. The second-order valence-electron chi connectivity index (χ2n) is 4.38. The van der Waals surface area contributed by atoms with Crippen LogP contribution in [-0.4, -0.2) is 20.7 Å². The molecule has 0 aliphatic carbocycles. The zero-order chi connectivity index (χ0) is 12.5. The first kappa shape index (κ1) is 12.2. The lowest BCUT2D eigenvalue weighted by molar-refractivity contribution is 0.585. The molecule has 17 heavy (non-hydrogen) atoms. The van der Waals surface area contributed by atoms with E-state index in [0.29, 0.717) is 18.7 Å². The van der Waals surface area contributed by atoms with E-state index in [1.807, 2.05) is 19.1 Å². The average Bonchev–Trinajstić information content (AvgIpc) is 2.28. The number of benzene rings is 1. The van der Waals surface area contributed by atoms with Gasteiger partial charge in [-0.2, -0.15) is 0 Å². The summed E-state index contributed by atoms with van der Waals surface area (Å²) in [5, 5.41) is 0. The van der Waals surface area contributed by atoms with Crippen LogP contribution >= 0.6 is 0 Å². The number of rotatable bonds is 3. The van der Waals surface area contributed by atoms with E-state index in [4.69, 9.17) is 5.73 Å². The van der Waals surface area contributed by atoms with E-state index in [0.717, 1.165) is 24.1 Å². The maximum Gasteiger partial charge on any atom is 0.235 e. The molecule has 1 heterocycles. The van der Waals surface area contributed by atoms with Crippen molar-refractivity contribution in [1.29, 1.82) is 0 Å². The summed E-state index contributed by atoms with van der Waals surface area (Å²) in [6.45, 7) is 2.44. The van der Waals surface area contributed by atoms with Gasteiger partial charge in [-0.25, -0.2) is 8.42 Å². The van der Waals surface area contributed by atoms with E-state index < -0.39 is 10.0 Å². The Morgan fingerprint density at radius 1 is 1.41 bits per heavy atom. The molecule has 0 saturated carbocycles. The molecule has 0 fully saturated rings. The fraction of sp³-hybridized carbons (Fsp3) is 0.500. The van der Waals surface area contributed by atoms with Gasteiger partial charge in [-0.15, -0.1) is 0 Å². The largest absolute Gasteiger partial charge is 0.399 e. The van der Waals surface area contributed by atoms with Crippen molar-refractivity contribution in [2.24, 2.45) is 0 Å². The van der Waals surface area contributed by atoms with Gasteiger partial charge in [0.1, 0.15) is 0 Å². The number of anilines is 2. The predicted octanol–water partition coefficient (Wildman–Crippen LogP) is 1.76. The van der Waals surface area contributed by atoms with Crippen LogP contribution in [0.1, 0.15) is 25.3 Å². The Balaban J connectivity index is 2.44. The van der Waals surface area contributed by atoms with Crippen molar-refractivity contribution in [3.8, 4) is 0 Å². The molecule has 4 nitrogen and oxygen atoms in total. The highest BCUT2D eigenvalue weighted by Gasteiger charge is 2.26. The van der Waals surface area contributed by atoms with Crippen molar-refractivity contribution in [2.45, 2.75) is 26.2 Å². The molecule has 94 valence electrons. The summed E-state index contributed by atoms with van der Waals surface area (Å²) in [6, 6.07) is 5.52. The first-order valence-electron chi connectivity index (χ1n) is 5.93. The Hall–Kier alpha value is -1.23. The molecule has 0 saturated heterocycles. The number of hydrogen-bond donors (Lipinski definition) is 1. The van der Waals surface area contributed by atoms with E-state index in [1.165, 1.54) is 4.31 Å². The third-order valence-electron chi connectivity index (χ3n) is 2.98. The maximum absolute atomic E-state index is 12.1. The van der Waals surface area contributed by atoms with E-state index in [2.05, 4.69) is 0 Å². The van der Waals surface area contributed by atoms with E-state index in [1.54, 1.807) is 6.07 Å². The molecule has 1 aromatic carbocycles. The number of nitrogens with zero attached hydrogens (tertiary/aromatic N) is 1. The van der Waals surface area contributed by atoms with Crippen LogP contribution in [0, 0.1) is 0 Å². The fourth-order valence-electron chi connectivity index (χ4n) is 2.22. The smallest absolute Gasteiger partial charge is 0.235 e. The highest BCUT2D eigenvalue weighted by molar-refractivity contribution is 7.92. The first-order chi connectivity index (χ1) is 8.04. The van der Waals surface area contributed by atoms with Crippen molar-refractivity contribution in [2.75, 3.05) is 22.3 Å². The van der Waals surface area contributed by atoms with Crippen molar-refractivity contribution in [3.63, 3.8) is 0 Å². The molecular weight excluding hydrogens is 236 g/mol. The van der Waals surface area contributed by atoms with Gasteiger partial charge in [0.2, 0.25) is 10.0 Å². The van der Waals surface area contributed by atoms with E-state index in [9.17, 15) is 8.42 Å². The van der Waals surface area contributed by atoms with Crippen molar-refractivity contribution >= 4 is 21.4 Å². The molecular formula is C12H18N2O2S. The molecule has 1 aliphatic rings. The third kappa shape index (κ3) is 2.39. The van der Waals surface area contributed by atoms with Gasteiger partial charge >= 0.3 is 0 Å². The second kappa shape index (κ2) is 4.56. The van der Waals surface area contributed by atoms with Gasteiger partial charge in [-0.1, -0.05) is 13.0 Å². The first-order valence-corrected chi connectivity index (χ1v) is 7.54. The highest BCUT2D eigenvalue weighted by Crippen LogP contribution is 2.31. The molecule has 0 spiro atoms. The summed E-state index contributed by atoms with van der Waals surface area (Å²) < 4.78 is 25.8. The van der Waals surface area contributed by atoms with Crippen molar-refractivity contribution in [1.82, 2.24) is 0 Å². The Labute approximate surface area is 102 Å². The second-order valence-corrected chi connectivity index (χ2v) is 6.39. The van der Waals surface area contributed by atoms with Crippen LogP contribution in [0.25, 0.3) is 0 Å². The summed E-state index contributed by atoms with van der Waals surface area (Å²) in [4.78, 5) is 0. The van der Waals surface area contributed by atoms with Crippen LogP contribution in [-0.2, 0) is 16.4 Å². The van der Waals surface area contributed by atoms with Crippen LogP contribution in [0.2, 0.25) is 0 Å². The summed E-state index contributed by atoms with van der Waals surface area (Å²) >= 11 is 0. The van der Waals surface area contributed by atoms with Crippen molar-refractivity contribution < 1.29 is 8.42 Å². The minimum absolute atomic E-state index is 0.196. The minimum atomic E-state index is -3.19. The van der Waals surface area contributed by atoms with E-state index in [-0.39, 0.29) is 5.75 Å². The molecule has 1 aromatic rings. The normalized spacial score (nSPS) is 15.7. The minimum Gasteiger partial charge on any atom is -0.399 e. The Morgan fingerprint density at radius 2 is 2.18 bits per heavy atom. The summed E-state index contributed by atoms with van der Waals surface area (Å²) in [7, 11) is -3.19. The Kier molecular flexibility index (Phi) is 3.28. The molecule has 1 aliphatic heterocycles. The summed E-state index contributed by atoms with van der Waals surface area (Å²) in [6.07, 6.45) is 2.43. The summed E-state index contributed by atoms with van der Waals surface area (Å²) in [5.41, 5.74) is 8.20. The molecule has 0 bridgehead atoms. The third-order valence-corrected chi connectivity index (χ3v) is 4.96. The van der Waals surface area contributed by atoms with Crippen LogP contribution in [0.15, 0.2) is 18.2 Å². The molecule has 0 radical (unpaired) electrons. The van der Waals surface area contributed by atoms with E-state index >= 15 is 0 Å². The number of sulfonamides is 1. The van der Waals surface area contributed by atoms with Crippen LogP contribution in [0.4, 0.5) is 11.4 Å². The Bertz CT molecular complexity index is 511. The molecule has 0 amide bonds. The molecule has 5 heteroatoms. The molecule has 0 atom stereocenters. The van der Waals surface area contributed by atoms with Gasteiger partial charge in [0.05, 0.1) is 11.4 Å². The lowest BCUT2D eigenvalue weighted by Crippen LogP contribution is -2.37. The zero-order valence-electron chi connectivity index (χ0n) is 10.0. The molecule has 0 unspecified atom stereocenters. The maximum atomic E-state index is 12.1. The van der Waals surface area contributed by atoms with Gasteiger partial charge in [0.25, 0.3) is 0 Å². The van der Waals surface area contributed by atoms with Crippen LogP contribution < -0.4 is 10.0 Å². The van der Waals surface area contributed by atoms with Crippen LogP contribution in [0.3, 0.4) is 0 Å². The topological polar surface area (TPSA) is 63.4 Å². The lowest BCUT2D eigenvalue weighted by atomic mass is 10.0. The standard InChI is InChI=1S/C12H18N2O2S/c1-2-8-17(15,16)14-7-3-4-10-5-6-11(13)9-12(10)14/h5-6,9H,2-4,7-8,13H2,1H3. The number of aryl methyl sites for hydroxylation is 1. The number of nitrogen functional groups attached to an aromatic ring is 1. The number of hydrogen-bond acceptors (Lipinski definition) is 3. The van der Waals surface area contributed by atoms with Gasteiger partial charge in [-0.3, -0.25) is 4.31 Å².